The highest BCUT2D eigenvalue weighted by Crippen LogP contribution is 2.27. The van der Waals surface area contributed by atoms with Crippen molar-refractivity contribution in [2.75, 3.05) is 22.9 Å². The molecule has 0 aliphatic rings. The van der Waals surface area contributed by atoms with Crippen LogP contribution in [0.5, 0.6) is 5.75 Å². The van der Waals surface area contributed by atoms with Crippen LogP contribution in [0.4, 0.5) is 10.8 Å². The quantitative estimate of drug-likeness (QED) is 0.372. The molecule has 34 heavy (non-hydrogen) atoms. The maximum absolute atomic E-state index is 12.6. The Labute approximate surface area is 202 Å². The number of amides is 1. The number of benzene rings is 3. The molecule has 1 aromatic heterocycles. The van der Waals surface area contributed by atoms with E-state index in [-0.39, 0.29) is 5.91 Å². The highest BCUT2D eigenvalue weighted by Gasteiger charge is 2.13. The minimum absolute atomic E-state index is 0.249. The summed E-state index contributed by atoms with van der Waals surface area (Å²) in [5, 5.41) is 5.15. The van der Waals surface area contributed by atoms with E-state index in [1.807, 2.05) is 47.8 Å². The number of hydrogen-bond donors (Lipinski definition) is 1. The van der Waals surface area contributed by atoms with Gasteiger partial charge in [0.05, 0.1) is 17.6 Å². The molecule has 4 rings (SSSR count). The molecule has 1 amide bonds. The van der Waals surface area contributed by atoms with Crippen molar-refractivity contribution in [3.05, 3.63) is 95.4 Å². The van der Waals surface area contributed by atoms with E-state index in [1.165, 1.54) is 22.7 Å². The van der Waals surface area contributed by atoms with Gasteiger partial charge >= 0.3 is 0 Å². The Bertz CT molecular complexity index is 1370. The second-order valence-electron chi connectivity index (χ2n) is 7.57. The summed E-state index contributed by atoms with van der Waals surface area (Å²) < 4.78 is 30.3. The van der Waals surface area contributed by atoms with Crippen LogP contribution < -0.4 is 14.4 Å². The van der Waals surface area contributed by atoms with E-state index in [1.54, 1.807) is 36.4 Å². The third kappa shape index (κ3) is 5.81. The van der Waals surface area contributed by atoms with Crippen LogP contribution in [0.25, 0.3) is 11.3 Å². The highest BCUT2D eigenvalue weighted by atomic mass is 32.2. The highest BCUT2D eigenvalue weighted by molar-refractivity contribution is 7.92. The van der Waals surface area contributed by atoms with Crippen LogP contribution in [0.15, 0.2) is 84.2 Å². The summed E-state index contributed by atoms with van der Waals surface area (Å²) in [6, 6.07) is 23.8. The van der Waals surface area contributed by atoms with Crippen LogP contribution in [0.1, 0.15) is 15.9 Å². The second-order valence-corrected chi connectivity index (χ2v) is 10.4. The molecule has 0 atom stereocenters. The first-order valence-corrected chi connectivity index (χ1v) is 13.1. The Balaban J connectivity index is 1.36. The van der Waals surface area contributed by atoms with Gasteiger partial charge < -0.3 is 4.74 Å². The zero-order valence-electron chi connectivity index (χ0n) is 18.6. The summed E-state index contributed by atoms with van der Waals surface area (Å²) >= 11 is 1.32. The zero-order valence-corrected chi connectivity index (χ0v) is 20.3. The fraction of sp³-hybridized carbons (Fsp3) is 0.120. The van der Waals surface area contributed by atoms with Gasteiger partial charge in [-0.1, -0.05) is 42.5 Å². The Morgan fingerprint density at radius 2 is 1.68 bits per heavy atom. The van der Waals surface area contributed by atoms with Gasteiger partial charge in [-0.2, -0.15) is 0 Å². The normalized spacial score (nSPS) is 11.1. The van der Waals surface area contributed by atoms with E-state index >= 15 is 0 Å². The predicted molar refractivity (Wildman–Crippen MR) is 136 cm³/mol. The van der Waals surface area contributed by atoms with E-state index in [0.717, 1.165) is 23.1 Å². The molecular formula is C25H23N3O4S2. The number of aromatic nitrogens is 1. The monoisotopic (exact) mass is 493 g/mol. The summed E-state index contributed by atoms with van der Waals surface area (Å²) in [5.74, 6) is 0.544. The first-order valence-electron chi connectivity index (χ1n) is 10.4. The molecular weight excluding hydrogens is 470 g/mol. The minimum Gasteiger partial charge on any atom is -0.489 e. The molecule has 9 heteroatoms. The van der Waals surface area contributed by atoms with Crippen molar-refractivity contribution in [1.29, 1.82) is 0 Å². The number of carbonyl (C=O) groups excluding carboxylic acids is 1. The van der Waals surface area contributed by atoms with Crippen LogP contribution in [-0.4, -0.2) is 32.6 Å². The Morgan fingerprint density at radius 3 is 2.32 bits per heavy atom. The van der Waals surface area contributed by atoms with E-state index in [2.05, 4.69) is 10.3 Å². The smallest absolute Gasteiger partial charge is 0.257 e. The number of rotatable bonds is 8. The maximum atomic E-state index is 12.6. The first kappa shape index (κ1) is 23.5. The van der Waals surface area contributed by atoms with Crippen LogP contribution in [0, 0.1) is 0 Å². The van der Waals surface area contributed by atoms with Gasteiger partial charge in [-0.25, -0.2) is 13.4 Å². The molecule has 0 unspecified atom stereocenters. The van der Waals surface area contributed by atoms with Crippen molar-refractivity contribution >= 4 is 38.1 Å². The standard InChI is InChI=1S/C25H23N3O4S2/c1-28(34(2,30)31)21-14-12-19(13-15-21)23-17-33-25(26-23)27-24(29)20-10-8-18(9-11-20)16-32-22-6-4-3-5-7-22/h3-15,17H,16H2,1-2H3,(H,26,27,29). The number of para-hydroxylation sites is 1. The first-order chi connectivity index (χ1) is 16.3. The second kappa shape index (κ2) is 10.1. The molecule has 0 radical (unpaired) electrons. The van der Waals surface area contributed by atoms with Gasteiger partial charge in [-0.3, -0.25) is 14.4 Å². The van der Waals surface area contributed by atoms with E-state index in [4.69, 9.17) is 4.74 Å². The van der Waals surface area contributed by atoms with Crippen LogP contribution in [0.2, 0.25) is 0 Å². The number of sulfonamides is 1. The molecule has 0 saturated heterocycles. The van der Waals surface area contributed by atoms with Gasteiger partial charge in [0.25, 0.3) is 5.91 Å². The number of nitrogens with one attached hydrogen (secondary N) is 1. The molecule has 1 heterocycles. The molecule has 1 N–H and O–H groups in total. The number of nitrogens with zero attached hydrogens (tertiary/aromatic N) is 2. The lowest BCUT2D eigenvalue weighted by atomic mass is 10.1. The Hall–Kier alpha value is -3.69. The number of anilines is 2. The van der Waals surface area contributed by atoms with Gasteiger partial charge in [0.15, 0.2) is 5.13 Å². The van der Waals surface area contributed by atoms with Crippen molar-refractivity contribution in [1.82, 2.24) is 4.98 Å². The summed E-state index contributed by atoms with van der Waals surface area (Å²) in [7, 11) is -1.82. The van der Waals surface area contributed by atoms with Crippen molar-refractivity contribution in [3.63, 3.8) is 0 Å². The molecule has 7 nitrogen and oxygen atoms in total. The molecule has 0 spiro atoms. The summed E-state index contributed by atoms with van der Waals surface area (Å²) in [6.07, 6.45) is 1.16. The number of thiazole rings is 1. The average molecular weight is 494 g/mol. The molecule has 0 aliphatic heterocycles. The maximum Gasteiger partial charge on any atom is 0.257 e. The molecule has 0 fully saturated rings. The summed E-state index contributed by atoms with van der Waals surface area (Å²) in [4.78, 5) is 17.1. The van der Waals surface area contributed by atoms with Gasteiger partial charge in [0.2, 0.25) is 10.0 Å². The van der Waals surface area contributed by atoms with Crippen LogP contribution in [0.3, 0.4) is 0 Å². The number of ether oxygens (including phenoxy) is 1. The fourth-order valence-electron chi connectivity index (χ4n) is 3.10. The molecule has 0 saturated carbocycles. The molecule has 4 aromatic rings. The summed E-state index contributed by atoms with van der Waals surface area (Å²) in [6.45, 7) is 0.417. The van der Waals surface area contributed by atoms with Crippen molar-refractivity contribution < 1.29 is 17.9 Å². The van der Waals surface area contributed by atoms with Crippen molar-refractivity contribution in [2.24, 2.45) is 0 Å². The Kier molecular flexibility index (Phi) is 6.95. The number of hydrogen-bond acceptors (Lipinski definition) is 6. The largest absolute Gasteiger partial charge is 0.489 e. The predicted octanol–water partition coefficient (Wildman–Crippen LogP) is 5.04. The van der Waals surface area contributed by atoms with Crippen LogP contribution >= 0.6 is 11.3 Å². The lowest BCUT2D eigenvalue weighted by Gasteiger charge is -2.16. The van der Waals surface area contributed by atoms with Gasteiger partial charge in [-0.15, -0.1) is 11.3 Å². The number of carbonyl (C=O) groups is 1. The molecule has 0 bridgehead atoms. The lowest BCUT2D eigenvalue weighted by molar-refractivity contribution is 0.102. The van der Waals surface area contributed by atoms with Gasteiger partial charge in [0, 0.05) is 23.6 Å². The summed E-state index contributed by atoms with van der Waals surface area (Å²) in [5.41, 5.74) is 3.57. The average Bonchev–Trinajstić information content (AvgIpc) is 3.31. The van der Waals surface area contributed by atoms with E-state index < -0.39 is 10.0 Å². The topological polar surface area (TPSA) is 88.6 Å². The molecule has 3 aromatic carbocycles. The SMILES string of the molecule is CN(c1ccc(-c2csc(NC(=O)c3ccc(COc4ccccc4)cc3)n2)cc1)S(C)(=O)=O. The van der Waals surface area contributed by atoms with Gasteiger partial charge in [0.1, 0.15) is 12.4 Å². The van der Waals surface area contributed by atoms with Crippen LogP contribution in [-0.2, 0) is 16.6 Å². The third-order valence-corrected chi connectivity index (χ3v) is 7.08. The minimum atomic E-state index is -3.32. The van der Waals surface area contributed by atoms with Crippen molar-refractivity contribution in [3.8, 4) is 17.0 Å². The fourth-order valence-corrected chi connectivity index (χ4v) is 4.32. The van der Waals surface area contributed by atoms with E-state index in [0.29, 0.717) is 28.7 Å². The molecule has 174 valence electrons. The zero-order chi connectivity index (χ0) is 24.1. The van der Waals surface area contributed by atoms with Gasteiger partial charge in [-0.05, 0) is 42.0 Å². The Morgan fingerprint density at radius 1 is 1.00 bits per heavy atom. The third-order valence-electron chi connectivity index (χ3n) is 5.11. The molecule has 0 aliphatic carbocycles. The van der Waals surface area contributed by atoms with Crippen molar-refractivity contribution in [2.45, 2.75) is 6.61 Å². The van der Waals surface area contributed by atoms with E-state index in [9.17, 15) is 13.2 Å². The lowest BCUT2D eigenvalue weighted by Crippen LogP contribution is -2.24.